The molecule has 0 aliphatic heterocycles. The zero-order valence-electron chi connectivity index (χ0n) is 9.32. The number of hydrogen-bond acceptors (Lipinski definition) is 1. The van der Waals surface area contributed by atoms with Crippen molar-refractivity contribution in [2.24, 2.45) is 0 Å². The Morgan fingerprint density at radius 1 is 1.00 bits per heavy atom. The number of hydrogen-bond donors (Lipinski definition) is 1. The van der Waals surface area contributed by atoms with E-state index in [0.29, 0.717) is 11.1 Å². The van der Waals surface area contributed by atoms with E-state index in [4.69, 9.17) is 0 Å². The first-order valence-corrected chi connectivity index (χ1v) is 5.28. The first-order valence-electron chi connectivity index (χ1n) is 5.28. The minimum Gasteiger partial charge on any atom is -0.383 e. The molecule has 0 amide bonds. The molecule has 88 valence electrons. The fourth-order valence-corrected chi connectivity index (χ4v) is 1.73. The quantitative estimate of drug-likeness (QED) is 0.844. The van der Waals surface area contributed by atoms with Crippen LogP contribution in [-0.2, 0) is 0 Å². The Hall–Kier alpha value is -1.74. The van der Waals surface area contributed by atoms with E-state index in [9.17, 15) is 13.9 Å². The average Bonchev–Trinajstić information content (AvgIpc) is 2.35. The largest absolute Gasteiger partial charge is 0.383 e. The normalized spacial score (nSPS) is 12.5. The highest BCUT2D eigenvalue weighted by Gasteiger charge is 2.20. The summed E-state index contributed by atoms with van der Waals surface area (Å²) in [5.41, 5.74) is 0.489. The first-order chi connectivity index (χ1) is 8.11. The molecule has 0 aliphatic carbocycles. The lowest BCUT2D eigenvalue weighted by Crippen LogP contribution is -2.07. The van der Waals surface area contributed by atoms with Crippen LogP contribution >= 0.6 is 0 Å². The SMILES string of the molecule is Cc1ccc(F)c(C(O)c2ccccc2)c1F. The molecule has 3 heteroatoms. The van der Waals surface area contributed by atoms with Crippen LogP contribution in [-0.4, -0.2) is 5.11 Å². The summed E-state index contributed by atoms with van der Waals surface area (Å²) in [6.45, 7) is 1.54. The van der Waals surface area contributed by atoms with E-state index in [1.807, 2.05) is 0 Å². The third-order valence-electron chi connectivity index (χ3n) is 2.71. The summed E-state index contributed by atoms with van der Waals surface area (Å²) >= 11 is 0. The van der Waals surface area contributed by atoms with Gasteiger partial charge in [-0.25, -0.2) is 8.78 Å². The minimum atomic E-state index is -1.28. The molecule has 2 aromatic rings. The van der Waals surface area contributed by atoms with Gasteiger partial charge in [0.25, 0.3) is 0 Å². The smallest absolute Gasteiger partial charge is 0.135 e. The first kappa shape index (κ1) is 11.7. The Morgan fingerprint density at radius 2 is 1.65 bits per heavy atom. The fraction of sp³-hybridized carbons (Fsp3) is 0.143. The summed E-state index contributed by atoms with van der Waals surface area (Å²) in [5.74, 6) is -1.43. The fourth-order valence-electron chi connectivity index (χ4n) is 1.73. The summed E-state index contributed by atoms with van der Waals surface area (Å²) in [5, 5.41) is 10.00. The number of benzene rings is 2. The molecule has 0 aliphatic rings. The van der Waals surface area contributed by atoms with Gasteiger partial charge in [-0.3, -0.25) is 0 Å². The second-order valence-electron chi connectivity index (χ2n) is 3.91. The Labute approximate surface area is 98.3 Å². The predicted molar refractivity (Wildman–Crippen MR) is 61.6 cm³/mol. The zero-order valence-corrected chi connectivity index (χ0v) is 9.32. The van der Waals surface area contributed by atoms with Crippen molar-refractivity contribution >= 4 is 0 Å². The molecular formula is C14H12F2O. The van der Waals surface area contributed by atoms with Crippen LogP contribution in [0.1, 0.15) is 22.8 Å². The topological polar surface area (TPSA) is 20.2 Å². The zero-order chi connectivity index (χ0) is 12.4. The summed E-state index contributed by atoms with van der Waals surface area (Å²) in [4.78, 5) is 0. The Morgan fingerprint density at radius 3 is 2.29 bits per heavy atom. The van der Waals surface area contributed by atoms with Crippen LogP contribution in [0.25, 0.3) is 0 Å². The molecule has 0 fully saturated rings. The molecule has 0 bridgehead atoms. The molecule has 17 heavy (non-hydrogen) atoms. The van der Waals surface area contributed by atoms with Crippen LogP contribution in [0.3, 0.4) is 0 Å². The van der Waals surface area contributed by atoms with Gasteiger partial charge in [-0.1, -0.05) is 36.4 Å². The van der Waals surface area contributed by atoms with Crippen molar-refractivity contribution in [2.75, 3.05) is 0 Å². The van der Waals surface area contributed by atoms with E-state index in [1.165, 1.54) is 19.1 Å². The predicted octanol–water partition coefficient (Wildman–Crippen LogP) is 3.35. The standard InChI is InChI=1S/C14H12F2O/c1-9-7-8-11(15)12(13(9)16)14(17)10-5-3-2-4-6-10/h2-8,14,17H,1H3. The third kappa shape index (κ3) is 2.19. The molecule has 2 rings (SSSR count). The second-order valence-corrected chi connectivity index (χ2v) is 3.91. The number of aliphatic hydroxyl groups excluding tert-OH is 1. The van der Waals surface area contributed by atoms with Gasteiger partial charge >= 0.3 is 0 Å². The summed E-state index contributed by atoms with van der Waals surface area (Å²) in [6, 6.07) is 11.0. The van der Waals surface area contributed by atoms with Crippen LogP contribution < -0.4 is 0 Å². The van der Waals surface area contributed by atoms with Crippen molar-refractivity contribution in [3.8, 4) is 0 Å². The van der Waals surface area contributed by atoms with Crippen molar-refractivity contribution in [1.82, 2.24) is 0 Å². The van der Waals surface area contributed by atoms with Gasteiger partial charge in [0.1, 0.15) is 17.7 Å². The molecule has 1 N–H and O–H groups in total. The van der Waals surface area contributed by atoms with Gasteiger partial charge in [0.05, 0.1) is 5.56 Å². The molecule has 0 aromatic heterocycles. The van der Waals surface area contributed by atoms with E-state index in [-0.39, 0.29) is 5.56 Å². The van der Waals surface area contributed by atoms with Gasteiger partial charge in [-0.15, -0.1) is 0 Å². The van der Waals surface area contributed by atoms with Crippen molar-refractivity contribution in [1.29, 1.82) is 0 Å². The molecule has 0 spiro atoms. The van der Waals surface area contributed by atoms with Crippen LogP contribution in [0.5, 0.6) is 0 Å². The van der Waals surface area contributed by atoms with Gasteiger partial charge in [0.2, 0.25) is 0 Å². The average molecular weight is 234 g/mol. The van der Waals surface area contributed by atoms with Gasteiger partial charge in [-0.05, 0) is 24.1 Å². The molecule has 1 atom stereocenters. The Bertz CT molecular complexity index is 523. The monoisotopic (exact) mass is 234 g/mol. The molecule has 1 unspecified atom stereocenters. The minimum absolute atomic E-state index is 0.295. The maximum Gasteiger partial charge on any atom is 0.135 e. The maximum absolute atomic E-state index is 13.8. The molecule has 0 heterocycles. The molecule has 0 radical (unpaired) electrons. The van der Waals surface area contributed by atoms with Crippen LogP contribution in [0.4, 0.5) is 8.78 Å². The molecule has 0 saturated heterocycles. The van der Waals surface area contributed by atoms with E-state index in [2.05, 4.69) is 0 Å². The summed E-state index contributed by atoms with van der Waals surface area (Å²) in [7, 11) is 0. The lowest BCUT2D eigenvalue weighted by Gasteiger charge is -2.14. The highest BCUT2D eigenvalue weighted by Crippen LogP contribution is 2.28. The van der Waals surface area contributed by atoms with Crippen LogP contribution in [0.2, 0.25) is 0 Å². The second kappa shape index (κ2) is 4.63. The third-order valence-corrected chi connectivity index (χ3v) is 2.71. The molecule has 2 aromatic carbocycles. The Balaban J connectivity index is 2.51. The van der Waals surface area contributed by atoms with Gasteiger partial charge < -0.3 is 5.11 Å². The van der Waals surface area contributed by atoms with E-state index in [0.717, 1.165) is 0 Å². The van der Waals surface area contributed by atoms with Gasteiger partial charge in [-0.2, -0.15) is 0 Å². The number of rotatable bonds is 2. The Kier molecular flexibility index (Phi) is 3.20. The van der Waals surface area contributed by atoms with Gasteiger partial charge in [0, 0.05) is 0 Å². The summed E-state index contributed by atoms with van der Waals surface area (Å²) in [6.07, 6.45) is -1.28. The molecule has 1 nitrogen and oxygen atoms in total. The van der Waals surface area contributed by atoms with Crippen molar-refractivity contribution in [3.63, 3.8) is 0 Å². The van der Waals surface area contributed by atoms with Gasteiger partial charge in [0.15, 0.2) is 0 Å². The van der Waals surface area contributed by atoms with E-state index in [1.54, 1.807) is 30.3 Å². The van der Waals surface area contributed by atoms with Crippen molar-refractivity contribution in [2.45, 2.75) is 13.0 Å². The lowest BCUT2D eigenvalue weighted by molar-refractivity contribution is 0.209. The lowest BCUT2D eigenvalue weighted by atomic mass is 9.99. The van der Waals surface area contributed by atoms with Crippen LogP contribution in [0.15, 0.2) is 42.5 Å². The van der Waals surface area contributed by atoms with E-state index >= 15 is 0 Å². The highest BCUT2D eigenvalue weighted by molar-refractivity contribution is 5.34. The van der Waals surface area contributed by atoms with Crippen molar-refractivity contribution < 1.29 is 13.9 Å². The maximum atomic E-state index is 13.8. The summed E-state index contributed by atoms with van der Waals surface area (Å²) < 4.78 is 27.4. The highest BCUT2D eigenvalue weighted by atomic mass is 19.1. The molecular weight excluding hydrogens is 222 g/mol. The van der Waals surface area contributed by atoms with Crippen LogP contribution in [0, 0.1) is 18.6 Å². The number of aryl methyl sites for hydroxylation is 1. The van der Waals surface area contributed by atoms with Crippen molar-refractivity contribution in [3.05, 3.63) is 70.8 Å². The number of halogens is 2. The van der Waals surface area contributed by atoms with E-state index < -0.39 is 17.7 Å². The number of aliphatic hydroxyl groups is 1. The molecule has 0 saturated carbocycles.